The Hall–Kier alpha value is -1.23. The van der Waals surface area contributed by atoms with Crippen molar-refractivity contribution in [3.05, 3.63) is 29.8 Å². The first kappa shape index (κ1) is 11.8. The Balaban J connectivity index is 2.54. The second kappa shape index (κ2) is 4.53. The molecule has 0 bridgehead atoms. The first-order valence-corrected chi connectivity index (χ1v) is 4.50. The summed E-state index contributed by atoms with van der Waals surface area (Å²) in [6, 6.07) is 5.21. The van der Waals surface area contributed by atoms with Gasteiger partial charge in [0.1, 0.15) is 5.75 Å². The van der Waals surface area contributed by atoms with E-state index in [0.29, 0.717) is 5.56 Å². The number of phenolic OH excluding ortho intramolecular Hbond substituents is 1. The lowest BCUT2D eigenvalue weighted by Crippen LogP contribution is -2.15. The number of benzene rings is 1. The van der Waals surface area contributed by atoms with Crippen LogP contribution in [0.15, 0.2) is 24.3 Å². The van der Waals surface area contributed by atoms with E-state index in [1.807, 2.05) is 0 Å². The molecule has 0 amide bonds. The quantitative estimate of drug-likeness (QED) is 0.821. The molecule has 1 rings (SSSR count). The highest BCUT2D eigenvalue weighted by atomic mass is 19.4. The van der Waals surface area contributed by atoms with Gasteiger partial charge in [-0.05, 0) is 24.1 Å². The molecule has 2 nitrogen and oxygen atoms in total. The smallest absolute Gasteiger partial charge is 0.389 e. The minimum absolute atomic E-state index is 0.0711. The molecule has 0 saturated carbocycles. The van der Waals surface area contributed by atoms with E-state index in [-0.39, 0.29) is 12.2 Å². The Morgan fingerprint density at radius 2 is 1.73 bits per heavy atom. The summed E-state index contributed by atoms with van der Waals surface area (Å²) >= 11 is 0. The van der Waals surface area contributed by atoms with Crippen LogP contribution in [0.1, 0.15) is 24.4 Å². The van der Waals surface area contributed by atoms with Gasteiger partial charge in [-0.15, -0.1) is 0 Å². The molecule has 0 radical (unpaired) electrons. The second-order valence-corrected chi connectivity index (χ2v) is 3.35. The zero-order chi connectivity index (χ0) is 11.5. The van der Waals surface area contributed by atoms with E-state index in [2.05, 4.69) is 0 Å². The lowest BCUT2D eigenvalue weighted by Gasteiger charge is -2.13. The first-order valence-electron chi connectivity index (χ1n) is 4.50. The summed E-state index contributed by atoms with van der Waals surface area (Å²) in [5, 5.41) is 8.98. The van der Waals surface area contributed by atoms with Crippen molar-refractivity contribution in [1.29, 1.82) is 0 Å². The summed E-state index contributed by atoms with van der Waals surface area (Å²) in [4.78, 5) is 0. The monoisotopic (exact) mass is 219 g/mol. The van der Waals surface area contributed by atoms with Crippen LogP contribution in [0.25, 0.3) is 0 Å². The molecule has 0 heterocycles. The van der Waals surface area contributed by atoms with Crippen LogP contribution in [-0.2, 0) is 0 Å². The van der Waals surface area contributed by atoms with E-state index in [4.69, 9.17) is 10.8 Å². The minimum atomic E-state index is -4.17. The third-order valence-corrected chi connectivity index (χ3v) is 2.06. The van der Waals surface area contributed by atoms with Gasteiger partial charge < -0.3 is 10.8 Å². The van der Waals surface area contributed by atoms with E-state index in [1.165, 1.54) is 24.3 Å². The molecule has 84 valence electrons. The highest BCUT2D eigenvalue weighted by Gasteiger charge is 2.27. The van der Waals surface area contributed by atoms with Crippen molar-refractivity contribution in [1.82, 2.24) is 0 Å². The predicted molar refractivity (Wildman–Crippen MR) is 50.3 cm³/mol. The normalized spacial score (nSPS) is 13.9. The Bertz CT molecular complexity index is 307. The van der Waals surface area contributed by atoms with Crippen molar-refractivity contribution >= 4 is 0 Å². The molecule has 0 aliphatic heterocycles. The molecule has 0 saturated heterocycles. The number of halogens is 3. The van der Waals surface area contributed by atoms with Gasteiger partial charge in [-0.25, -0.2) is 0 Å². The lowest BCUT2D eigenvalue weighted by atomic mass is 10.0. The molecule has 0 aliphatic rings. The number of nitrogens with two attached hydrogens (primary N) is 1. The van der Waals surface area contributed by atoms with Gasteiger partial charge in [0.2, 0.25) is 0 Å². The zero-order valence-electron chi connectivity index (χ0n) is 7.96. The molecule has 1 atom stereocenters. The average Bonchev–Trinajstić information content (AvgIpc) is 2.14. The van der Waals surface area contributed by atoms with E-state index in [0.717, 1.165) is 0 Å². The van der Waals surface area contributed by atoms with Crippen LogP contribution in [0.3, 0.4) is 0 Å². The highest BCUT2D eigenvalue weighted by molar-refractivity contribution is 5.27. The number of aromatic hydroxyl groups is 1. The van der Waals surface area contributed by atoms with Gasteiger partial charge in [0.15, 0.2) is 0 Å². The SMILES string of the molecule is N[C@@H](CCC(F)(F)F)c1ccc(O)cc1. The molecule has 0 spiro atoms. The number of hydrogen-bond acceptors (Lipinski definition) is 2. The molecule has 15 heavy (non-hydrogen) atoms. The topological polar surface area (TPSA) is 46.2 Å². The maximum Gasteiger partial charge on any atom is 0.389 e. The van der Waals surface area contributed by atoms with Crippen LogP contribution < -0.4 is 5.73 Å². The van der Waals surface area contributed by atoms with Crippen molar-refractivity contribution in [2.75, 3.05) is 0 Å². The molecule has 5 heteroatoms. The van der Waals surface area contributed by atoms with E-state index < -0.39 is 18.6 Å². The second-order valence-electron chi connectivity index (χ2n) is 3.35. The summed E-state index contributed by atoms with van der Waals surface area (Å²) in [6.45, 7) is 0. The number of alkyl halides is 3. The maximum absolute atomic E-state index is 11.9. The summed E-state index contributed by atoms with van der Waals surface area (Å²) in [5.74, 6) is 0.0711. The summed E-state index contributed by atoms with van der Waals surface area (Å²) in [7, 11) is 0. The Kier molecular flexibility index (Phi) is 3.57. The number of hydrogen-bond donors (Lipinski definition) is 2. The molecular weight excluding hydrogens is 207 g/mol. The van der Waals surface area contributed by atoms with Crippen molar-refractivity contribution in [3.8, 4) is 5.75 Å². The first-order chi connectivity index (χ1) is 6.88. The Labute approximate surface area is 85.5 Å². The number of phenols is 1. The lowest BCUT2D eigenvalue weighted by molar-refractivity contribution is -0.136. The van der Waals surface area contributed by atoms with Crippen molar-refractivity contribution in [3.63, 3.8) is 0 Å². The fourth-order valence-electron chi connectivity index (χ4n) is 1.21. The summed E-state index contributed by atoms with van der Waals surface area (Å²) in [6.07, 6.45) is -5.21. The Morgan fingerprint density at radius 3 is 2.20 bits per heavy atom. The summed E-state index contributed by atoms with van der Waals surface area (Å²) in [5.41, 5.74) is 6.17. The highest BCUT2D eigenvalue weighted by Crippen LogP contribution is 2.26. The van der Waals surface area contributed by atoms with Crippen molar-refractivity contribution in [2.45, 2.75) is 25.1 Å². The molecule has 3 N–H and O–H groups in total. The average molecular weight is 219 g/mol. The molecule has 0 aliphatic carbocycles. The fraction of sp³-hybridized carbons (Fsp3) is 0.400. The van der Waals surface area contributed by atoms with E-state index in [9.17, 15) is 13.2 Å². The standard InChI is InChI=1S/C10H12F3NO/c11-10(12,13)6-5-9(14)7-1-3-8(15)4-2-7/h1-4,9,15H,5-6,14H2/t9-/m0/s1. The van der Waals surface area contributed by atoms with Crippen molar-refractivity contribution < 1.29 is 18.3 Å². The molecule has 1 aromatic rings. The molecule has 0 unspecified atom stereocenters. The van der Waals surface area contributed by atoms with E-state index in [1.54, 1.807) is 0 Å². The van der Waals surface area contributed by atoms with Crippen LogP contribution >= 0.6 is 0 Å². The van der Waals surface area contributed by atoms with Crippen LogP contribution in [-0.4, -0.2) is 11.3 Å². The van der Waals surface area contributed by atoms with Crippen LogP contribution in [0, 0.1) is 0 Å². The maximum atomic E-state index is 11.9. The van der Waals surface area contributed by atoms with Crippen LogP contribution in [0.4, 0.5) is 13.2 Å². The molecule has 0 aromatic heterocycles. The molecular formula is C10H12F3NO. The fourth-order valence-corrected chi connectivity index (χ4v) is 1.21. The van der Waals surface area contributed by atoms with Crippen molar-refractivity contribution in [2.24, 2.45) is 5.73 Å². The van der Waals surface area contributed by atoms with Gasteiger partial charge in [0.05, 0.1) is 0 Å². The van der Waals surface area contributed by atoms with Gasteiger partial charge in [0, 0.05) is 12.5 Å². The van der Waals surface area contributed by atoms with Gasteiger partial charge >= 0.3 is 6.18 Å². The molecule has 1 aromatic carbocycles. The largest absolute Gasteiger partial charge is 0.508 e. The molecule has 0 fully saturated rings. The van der Waals surface area contributed by atoms with Gasteiger partial charge in [0.25, 0.3) is 0 Å². The van der Waals surface area contributed by atoms with Gasteiger partial charge in [-0.2, -0.15) is 13.2 Å². The summed E-state index contributed by atoms with van der Waals surface area (Å²) < 4.78 is 35.7. The predicted octanol–water partition coefficient (Wildman–Crippen LogP) is 2.73. The Morgan fingerprint density at radius 1 is 1.20 bits per heavy atom. The third-order valence-electron chi connectivity index (χ3n) is 2.06. The van der Waals surface area contributed by atoms with Crippen LogP contribution in [0.5, 0.6) is 5.75 Å². The van der Waals surface area contributed by atoms with Gasteiger partial charge in [-0.1, -0.05) is 12.1 Å². The van der Waals surface area contributed by atoms with Crippen LogP contribution in [0.2, 0.25) is 0 Å². The number of rotatable bonds is 3. The third kappa shape index (κ3) is 4.20. The zero-order valence-corrected chi connectivity index (χ0v) is 7.96. The minimum Gasteiger partial charge on any atom is -0.508 e. The van der Waals surface area contributed by atoms with Gasteiger partial charge in [-0.3, -0.25) is 0 Å². The van der Waals surface area contributed by atoms with E-state index >= 15 is 0 Å².